The summed E-state index contributed by atoms with van der Waals surface area (Å²) >= 11 is 1.09. The molecule has 0 N–H and O–H groups in total. The standard InChI is InChI=1S/C18H11F3N2OS/c1-24-14-8-4-11(5-9-14)16-15(10-22)17(25-23-16)12-2-6-13(7-3-12)18(19,20)21/h2-9H,1H3. The monoisotopic (exact) mass is 360 g/mol. The van der Waals surface area contributed by atoms with Crippen molar-refractivity contribution < 1.29 is 17.9 Å². The Morgan fingerprint density at radius 2 is 1.60 bits per heavy atom. The van der Waals surface area contributed by atoms with Gasteiger partial charge in [0.15, 0.2) is 0 Å². The van der Waals surface area contributed by atoms with Gasteiger partial charge in [0, 0.05) is 5.56 Å². The maximum Gasteiger partial charge on any atom is 0.416 e. The molecule has 0 radical (unpaired) electrons. The van der Waals surface area contributed by atoms with Gasteiger partial charge in [-0.1, -0.05) is 12.1 Å². The number of hydrogen-bond acceptors (Lipinski definition) is 4. The summed E-state index contributed by atoms with van der Waals surface area (Å²) in [7, 11) is 1.56. The van der Waals surface area contributed by atoms with Crippen LogP contribution in [0.15, 0.2) is 48.5 Å². The van der Waals surface area contributed by atoms with Crippen molar-refractivity contribution >= 4 is 11.5 Å². The fourth-order valence-corrected chi connectivity index (χ4v) is 3.20. The van der Waals surface area contributed by atoms with Crippen LogP contribution in [0.25, 0.3) is 21.7 Å². The normalized spacial score (nSPS) is 11.2. The van der Waals surface area contributed by atoms with Crippen LogP contribution in [0.2, 0.25) is 0 Å². The molecule has 0 fully saturated rings. The highest BCUT2D eigenvalue weighted by atomic mass is 32.1. The van der Waals surface area contributed by atoms with Crippen LogP contribution in [-0.2, 0) is 6.18 Å². The maximum atomic E-state index is 12.7. The molecule has 3 nitrogen and oxygen atoms in total. The summed E-state index contributed by atoms with van der Waals surface area (Å²) in [6.45, 7) is 0. The number of rotatable bonds is 3. The number of halogens is 3. The number of nitriles is 1. The molecule has 0 bridgehead atoms. The molecule has 0 saturated carbocycles. The third-order valence-electron chi connectivity index (χ3n) is 3.64. The SMILES string of the molecule is COc1ccc(-c2nsc(-c3ccc(C(F)(F)F)cc3)c2C#N)cc1. The summed E-state index contributed by atoms with van der Waals surface area (Å²) in [4.78, 5) is 0.544. The van der Waals surface area contributed by atoms with Crippen LogP contribution >= 0.6 is 11.5 Å². The lowest BCUT2D eigenvalue weighted by atomic mass is 10.0. The van der Waals surface area contributed by atoms with Crippen molar-refractivity contribution in [2.75, 3.05) is 7.11 Å². The van der Waals surface area contributed by atoms with Crippen LogP contribution in [-0.4, -0.2) is 11.5 Å². The first-order valence-electron chi connectivity index (χ1n) is 7.16. The van der Waals surface area contributed by atoms with Crippen molar-refractivity contribution in [3.05, 3.63) is 59.7 Å². The third-order valence-corrected chi connectivity index (χ3v) is 4.54. The highest BCUT2D eigenvalue weighted by molar-refractivity contribution is 7.10. The Bertz CT molecular complexity index is 923. The second-order valence-electron chi connectivity index (χ2n) is 5.15. The summed E-state index contributed by atoms with van der Waals surface area (Å²) in [6, 6.07) is 13.9. The number of alkyl halides is 3. The Labute approximate surface area is 146 Å². The van der Waals surface area contributed by atoms with E-state index in [0.29, 0.717) is 27.4 Å². The molecule has 0 atom stereocenters. The molecule has 7 heteroatoms. The number of aromatic nitrogens is 1. The molecular formula is C18H11F3N2OS. The highest BCUT2D eigenvalue weighted by Crippen LogP contribution is 2.37. The number of methoxy groups -OCH3 is 1. The van der Waals surface area contributed by atoms with Crippen LogP contribution < -0.4 is 4.74 Å². The second-order valence-corrected chi connectivity index (χ2v) is 5.92. The molecule has 25 heavy (non-hydrogen) atoms. The first kappa shape index (κ1) is 17.0. The van der Waals surface area contributed by atoms with Gasteiger partial charge < -0.3 is 4.74 Å². The smallest absolute Gasteiger partial charge is 0.416 e. The van der Waals surface area contributed by atoms with Crippen molar-refractivity contribution in [2.24, 2.45) is 0 Å². The summed E-state index contributed by atoms with van der Waals surface area (Å²) < 4.78 is 47.5. The van der Waals surface area contributed by atoms with Crippen molar-refractivity contribution in [2.45, 2.75) is 6.18 Å². The Morgan fingerprint density at radius 3 is 2.12 bits per heavy atom. The van der Waals surface area contributed by atoms with Crippen LogP contribution in [0.1, 0.15) is 11.1 Å². The molecule has 0 unspecified atom stereocenters. The van der Waals surface area contributed by atoms with Crippen molar-refractivity contribution in [3.63, 3.8) is 0 Å². The van der Waals surface area contributed by atoms with Gasteiger partial charge in [-0.25, -0.2) is 0 Å². The van der Waals surface area contributed by atoms with E-state index in [4.69, 9.17) is 4.74 Å². The van der Waals surface area contributed by atoms with Gasteiger partial charge in [0.2, 0.25) is 0 Å². The van der Waals surface area contributed by atoms with Gasteiger partial charge in [0.05, 0.1) is 23.1 Å². The van der Waals surface area contributed by atoms with E-state index >= 15 is 0 Å². The molecule has 3 rings (SSSR count). The Morgan fingerprint density at radius 1 is 1.00 bits per heavy atom. The van der Waals surface area contributed by atoms with Gasteiger partial charge in [0.1, 0.15) is 17.5 Å². The van der Waals surface area contributed by atoms with Gasteiger partial charge >= 0.3 is 6.18 Å². The molecule has 3 aromatic rings. The molecule has 1 aromatic heterocycles. The van der Waals surface area contributed by atoms with Crippen molar-refractivity contribution in [3.8, 4) is 33.5 Å². The molecular weight excluding hydrogens is 349 g/mol. The van der Waals surface area contributed by atoms with Gasteiger partial charge in [-0.15, -0.1) is 0 Å². The second kappa shape index (κ2) is 6.57. The largest absolute Gasteiger partial charge is 0.497 e. The van der Waals surface area contributed by atoms with Gasteiger partial charge in [0.25, 0.3) is 0 Å². The lowest BCUT2D eigenvalue weighted by Gasteiger charge is -2.07. The lowest BCUT2D eigenvalue weighted by Crippen LogP contribution is -2.03. The van der Waals surface area contributed by atoms with Gasteiger partial charge in [-0.05, 0) is 53.5 Å². The lowest BCUT2D eigenvalue weighted by molar-refractivity contribution is -0.137. The summed E-state index contributed by atoms with van der Waals surface area (Å²) in [5, 5.41) is 9.51. The quantitative estimate of drug-likeness (QED) is 0.630. The van der Waals surface area contributed by atoms with E-state index in [1.807, 2.05) is 0 Å². The Hall–Kier alpha value is -2.85. The number of ether oxygens (including phenoxy) is 1. The van der Waals surface area contributed by atoms with Crippen LogP contribution in [0.3, 0.4) is 0 Å². The van der Waals surface area contributed by atoms with Crippen LogP contribution in [0, 0.1) is 11.3 Å². The number of nitrogens with zero attached hydrogens (tertiary/aromatic N) is 2. The van der Waals surface area contributed by atoms with E-state index in [2.05, 4.69) is 10.4 Å². The Balaban J connectivity index is 2.01. The summed E-state index contributed by atoms with van der Waals surface area (Å²) in [5.74, 6) is 0.681. The maximum absolute atomic E-state index is 12.7. The zero-order chi connectivity index (χ0) is 18.0. The molecule has 126 valence electrons. The number of hydrogen-bond donors (Lipinski definition) is 0. The summed E-state index contributed by atoms with van der Waals surface area (Å²) in [6.07, 6.45) is -4.39. The van der Waals surface area contributed by atoms with E-state index < -0.39 is 11.7 Å². The van der Waals surface area contributed by atoms with Gasteiger partial charge in [-0.2, -0.15) is 22.8 Å². The number of benzene rings is 2. The van der Waals surface area contributed by atoms with E-state index in [1.54, 1.807) is 31.4 Å². The van der Waals surface area contributed by atoms with Crippen LogP contribution in [0.5, 0.6) is 5.75 Å². The third kappa shape index (κ3) is 3.35. The summed E-state index contributed by atoms with van der Waals surface area (Å²) in [5.41, 5.74) is 1.39. The van der Waals surface area contributed by atoms with Crippen molar-refractivity contribution in [1.82, 2.24) is 4.37 Å². The molecule has 1 heterocycles. The minimum atomic E-state index is -4.39. The first-order valence-corrected chi connectivity index (χ1v) is 7.93. The van der Waals surface area contributed by atoms with E-state index in [0.717, 1.165) is 29.2 Å². The zero-order valence-electron chi connectivity index (χ0n) is 13.0. The fraction of sp³-hybridized carbons (Fsp3) is 0.111. The molecule has 0 aliphatic carbocycles. The highest BCUT2D eigenvalue weighted by Gasteiger charge is 2.30. The van der Waals surface area contributed by atoms with Crippen LogP contribution in [0.4, 0.5) is 13.2 Å². The van der Waals surface area contributed by atoms with Crippen molar-refractivity contribution in [1.29, 1.82) is 5.26 Å². The fourth-order valence-electron chi connectivity index (χ4n) is 2.35. The van der Waals surface area contributed by atoms with E-state index in [1.165, 1.54) is 12.1 Å². The van der Waals surface area contributed by atoms with E-state index in [9.17, 15) is 18.4 Å². The zero-order valence-corrected chi connectivity index (χ0v) is 13.8. The van der Waals surface area contributed by atoms with Gasteiger partial charge in [-0.3, -0.25) is 0 Å². The molecule has 2 aromatic carbocycles. The predicted octanol–water partition coefficient (Wildman–Crippen LogP) is 5.38. The molecule has 0 aliphatic heterocycles. The topological polar surface area (TPSA) is 45.9 Å². The predicted molar refractivity (Wildman–Crippen MR) is 89.3 cm³/mol. The molecule has 0 spiro atoms. The van der Waals surface area contributed by atoms with E-state index in [-0.39, 0.29) is 0 Å². The Kier molecular flexibility index (Phi) is 4.47. The minimum absolute atomic E-state index is 0.343. The average molecular weight is 360 g/mol. The molecule has 0 amide bonds. The molecule has 0 saturated heterocycles. The first-order chi connectivity index (χ1) is 11.9. The minimum Gasteiger partial charge on any atom is -0.497 e. The average Bonchev–Trinajstić information content (AvgIpc) is 3.05. The molecule has 0 aliphatic rings.